The molecule has 24 heavy (non-hydrogen) atoms. The van der Waals surface area contributed by atoms with Crippen molar-refractivity contribution in [3.8, 4) is 0 Å². The summed E-state index contributed by atoms with van der Waals surface area (Å²) < 4.78 is 1.44. The summed E-state index contributed by atoms with van der Waals surface area (Å²) in [6.45, 7) is 1.90. The Morgan fingerprint density at radius 3 is 3.00 bits per heavy atom. The number of aromatic nitrogens is 2. The zero-order valence-corrected chi connectivity index (χ0v) is 13.6. The van der Waals surface area contributed by atoms with E-state index in [2.05, 4.69) is 10.4 Å². The van der Waals surface area contributed by atoms with Gasteiger partial charge in [0.1, 0.15) is 12.4 Å². The predicted molar refractivity (Wildman–Crippen MR) is 87.8 cm³/mol. The number of hydrogen-bond acceptors (Lipinski definition) is 4. The second kappa shape index (κ2) is 6.88. The number of fused-ring (bicyclic) bond motifs is 1. The van der Waals surface area contributed by atoms with E-state index in [1.165, 1.54) is 22.6 Å². The van der Waals surface area contributed by atoms with E-state index in [0.717, 1.165) is 12.0 Å². The van der Waals surface area contributed by atoms with Gasteiger partial charge >= 0.3 is 11.7 Å². The first-order valence-electron chi connectivity index (χ1n) is 7.50. The van der Waals surface area contributed by atoms with Gasteiger partial charge in [0.05, 0.1) is 11.5 Å². The number of urea groups is 1. The van der Waals surface area contributed by atoms with Crippen molar-refractivity contribution in [3.05, 3.63) is 56.9 Å². The summed E-state index contributed by atoms with van der Waals surface area (Å²) in [7, 11) is 0. The molecule has 9 heteroatoms. The molecule has 2 aromatic rings. The summed E-state index contributed by atoms with van der Waals surface area (Å²) in [6.07, 6.45) is 3.30. The Hall–Kier alpha value is -2.61. The molecule has 0 bridgehead atoms. The second-order valence-electron chi connectivity index (χ2n) is 5.54. The van der Waals surface area contributed by atoms with E-state index in [4.69, 9.17) is 11.6 Å². The van der Waals surface area contributed by atoms with Gasteiger partial charge in [-0.1, -0.05) is 17.7 Å². The summed E-state index contributed by atoms with van der Waals surface area (Å²) in [5, 5.41) is 18.0. The number of carbonyl (C=O) groups excluding carboxylic acids is 1. The Kier molecular flexibility index (Phi) is 4.66. The summed E-state index contributed by atoms with van der Waals surface area (Å²) in [5.41, 5.74) is 2.21. The third kappa shape index (κ3) is 3.65. The fourth-order valence-electron chi connectivity index (χ4n) is 2.65. The van der Waals surface area contributed by atoms with Gasteiger partial charge in [0.25, 0.3) is 0 Å². The number of amides is 2. The number of halogens is 1. The highest BCUT2D eigenvalue weighted by atomic mass is 35.5. The molecule has 0 saturated carbocycles. The van der Waals surface area contributed by atoms with Crippen molar-refractivity contribution >= 4 is 23.3 Å². The van der Waals surface area contributed by atoms with E-state index >= 15 is 0 Å². The highest BCUT2D eigenvalue weighted by molar-refractivity contribution is 6.30. The molecule has 0 fully saturated rings. The molecule has 0 radical (unpaired) electrons. The molecule has 2 amide bonds. The van der Waals surface area contributed by atoms with Gasteiger partial charge < -0.3 is 10.2 Å². The van der Waals surface area contributed by atoms with Gasteiger partial charge in [-0.2, -0.15) is 5.10 Å². The lowest BCUT2D eigenvalue weighted by Gasteiger charge is -2.29. The molecular weight excluding hydrogens is 334 g/mol. The molecule has 0 unspecified atom stereocenters. The Balaban J connectivity index is 1.50. The molecule has 3 rings (SSSR count). The van der Waals surface area contributed by atoms with Crippen molar-refractivity contribution < 1.29 is 9.72 Å². The number of nitrogens with one attached hydrogen (secondary N) is 1. The molecule has 0 aliphatic carbocycles. The average Bonchev–Trinajstić information content (AvgIpc) is 3.03. The third-order valence-electron chi connectivity index (χ3n) is 3.92. The maximum absolute atomic E-state index is 12.2. The Morgan fingerprint density at radius 1 is 1.42 bits per heavy atom. The molecule has 8 nitrogen and oxygen atoms in total. The first kappa shape index (κ1) is 16.3. The predicted octanol–water partition coefficient (Wildman–Crippen LogP) is 2.21. The van der Waals surface area contributed by atoms with Crippen molar-refractivity contribution in [2.45, 2.75) is 19.5 Å². The third-order valence-corrected chi connectivity index (χ3v) is 4.15. The SMILES string of the molecule is O=C(NCCn1cc([N+](=O)[O-])cn1)N1CCc2cc(Cl)ccc2C1. The van der Waals surface area contributed by atoms with Crippen molar-refractivity contribution in [2.24, 2.45) is 0 Å². The van der Waals surface area contributed by atoms with Crippen molar-refractivity contribution in [1.82, 2.24) is 20.0 Å². The number of nitro groups is 1. The fourth-order valence-corrected chi connectivity index (χ4v) is 2.85. The van der Waals surface area contributed by atoms with Crippen LogP contribution in [0.5, 0.6) is 0 Å². The van der Waals surface area contributed by atoms with E-state index < -0.39 is 4.92 Å². The fraction of sp³-hybridized carbons (Fsp3) is 0.333. The lowest BCUT2D eigenvalue weighted by atomic mass is 10.0. The van der Waals surface area contributed by atoms with E-state index in [1.807, 2.05) is 18.2 Å². The van der Waals surface area contributed by atoms with Crippen LogP contribution < -0.4 is 5.32 Å². The number of carbonyl (C=O) groups is 1. The van der Waals surface area contributed by atoms with Crippen molar-refractivity contribution in [3.63, 3.8) is 0 Å². The Morgan fingerprint density at radius 2 is 2.25 bits per heavy atom. The minimum absolute atomic E-state index is 0.0624. The standard InChI is InChI=1S/C15H16ClN5O3/c16-13-2-1-12-9-19(5-3-11(12)7-13)15(22)17-4-6-20-10-14(8-18-20)21(23)24/h1-2,7-8,10H,3-6,9H2,(H,17,22). The summed E-state index contributed by atoms with van der Waals surface area (Å²) in [4.78, 5) is 24.1. The molecule has 126 valence electrons. The largest absolute Gasteiger partial charge is 0.336 e. The van der Waals surface area contributed by atoms with Gasteiger partial charge in [-0.3, -0.25) is 14.8 Å². The molecular formula is C15H16ClN5O3. The molecule has 0 spiro atoms. The maximum Gasteiger partial charge on any atom is 0.317 e. The second-order valence-corrected chi connectivity index (χ2v) is 5.97. The molecule has 1 aliphatic rings. The van der Waals surface area contributed by atoms with Gasteiger partial charge in [0.15, 0.2) is 0 Å². The summed E-state index contributed by atoms with van der Waals surface area (Å²) in [5.74, 6) is 0. The van der Waals surface area contributed by atoms with E-state index in [0.29, 0.717) is 31.2 Å². The van der Waals surface area contributed by atoms with Gasteiger partial charge in [-0.15, -0.1) is 0 Å². The minimum Gasteiger partial charge on any atom is -0.336 e. The van der Waals surface area contributed by atoms with Gasteiger partial charge in [-0.25, -0.2) is 4.79 Å². The van der Waals surface area contributed by atoms with Crippen LogP contribution in [0.3, 0.4) is 0 Å². The number of hydrogen-bond donors (Lipinski definition) is 1. The quantitative estimate of drug-likeness (QED) is 0.676. The van der Waals surface area contributed by atoms with Crippen LogP contribution in [0.15, 0.2) is 30.6 Å². The van der Waals surface area contributed by atoms with Crippen LogP contribution in [-0.4, -0.2) is 38.7 Å². The van der Waals surface area contributed by atoms with Crippen LogP contribution in [0.4, 0.5) is 10.5 Å². The first-order valence-corrected chi connectivity index (χ1v) is 7.87. The summed E-state index contributed by atoms with van der Waals surface area (Å²) in [6, 6.07) is 5.56. The highest BCUT2D eigenvalue weighted by Crippen LogP contribution is 2.22. The Labute approximate surface area is 143 Å². The topological polar surface area (TPSA) is 93.3 Å². The molecule has 2 heterocycles. The van der Waals surface area contributed by atoms with Gasteiger partial charge in [0.2, 0.25) is 0 Å². The highest BCUT2D eigenvalue weighted by Gasteiger charge is 2.20. The average molecular weight is 350 g/mol. The van der Waals surface area contributed by atoms with Crippen molar-refractivity contribution in [1.29, 1.82) is 0 Å². The van der Waals surface area contributed by atoms with Crippen LogP contribution >= 0.6 is 11.6 Å². The zero-order chi connectivity index (χ0) is 17.1. The van der Waals surface area contributed by atoms with E-state index in [1.54, 1.807) is 4.90 Å². The molecule has 0 atom stereocenters. The first-order chi connectivity index (χ1) is 11.5. The zero-order valence-electron chi connectivity index (χ0n) is 12.8. The molecule has 1 N–H and O–H groups in total. The van der Waals surface area contributed by atoms with Crippen LogP contribution in [-0.2, 0) is 19.5 Å². The van der Waals surface area contributed by atoms with Crippen LogP contribution in [0.25, 0.3) is 0 Å². The lowest BCUT2D eigenvalue weighted by molar-refractivity contribution is -0.385. The molecule has 1 aliphatic heterocycles. The lowest BCUT2D eigenvalue weighted by Crippen LogP contribution is -2.43. The number of benzene rings is 1. The summed E-state index contributed by atoms with van der Waals surface area (Å²) >= 11 is 5.98. The van der Waals surface area contributed by atoms with E-state index in [-0.39, 0.29) is 11.7 Å². The van der Waals surface area contributed by atoms with E-state index in [9.17, 15) is 14.9 Å². The van der Waals surface area contributed by atoms with Crippen LogP contribution in [0, 0.1) is 10.1 Å². The number of nitrogens with zero attached hydrogens (tertiary/aromatic N) is 4. The molecule has 1 aromatic carbocycles. The maximum atomic E-state index is 12.2. The van der Waals surface area contributed by atoms with Crippen LogP contribution in [0.2, 0.25) is 5.02 Å². The minimum atomic E-state index is -0.500. The van der Waals surface area contributed by atoms with Gasteiger partial charge in [-0.05, 0) is 29.7 Å². The monoisotopic (exact) mass is 349 g/mol. The number of rotatable bonds is 4. The van der Waals surface area contributed by atoms with Gasteiger partial charge in [0, 0.05) is 24.7 Å². The van der Waals surface area contributed by atoms with Crippen molar-refractivity contribution in [2.75, 3.05) is 13.1 Å². The van der Waals surface area contributed by atoms with Crippen LogP contribution in [0.1, 0.15) is 11.1 Å². The molecule has 1 aromatic heterocycles. The smallest absolute Gasteiger partial charge is 0.317 e. The Bertz CT molecular complexity index is 776. The molecule has 0 saturated heterocycles. The normalized spacial score (nSPS) is 13.5.